The first kappa shape index (κ1) is 16.0. The van der Waals surface area contributed by atoms with Crippen molar-refractivity contribution in [3.63, 3.8) is 0 Å². The molecule has 2 N–H and O–H groups in total. The maximum atomic E-state index is 12.4. The van der Waals surface area contributed by atoms with E-state index in [2.05, 4.69) is 26.9 Å². The lowest BCUT2D eigenvalue weighted by Crippen LogP contribution is -2.13. The maximum Gasteiger partial charge on any atom is 0.257 e. The van der Waals surface area contributed by atoms with Crippen molar-refractivity contribution in [1.82, 2.24) is 15.5 Å². The van der Waals surface area contributed by atoms with Crippen LogP contribution in [0.25, 0.3) is 0 Å². The molecule has 0 spiro atoms. The van der Waals surface area contributed by atoms with Gasteiger partial charge in [-0.2, -0.15) is 0 Å². The smallest absolute Gasteiger partial charge is 0.257 e. The number of aromatic nitrogens is 2. The van der Waals surface area contributed by atoms with Crippen molar-refractivity contribution in [2.45, 2.75) is 19.4 Å². The van der Waals surface area contributed by atoms with Gasteiger partial charge in [-0.05, 0) is 49.5 Å². The van der Waals surface area contributed by atoms with Crippen molar-refractivity contribution in [1.29, 1.82) is 0 Å². The minimum absolute atomic E-state index is 0.156. The van der Waals surface area contributed by atoms with Crippen LogP contribution >= 0.6 is 11.3 Å². The summed E-state index contributed by atoms with van der Waals surface area (Å²) in [6.45, 7) is 2.55. The predicted molar refractivity (Wildman–Crippen MR) is 89.7 cm³/mol. The maximum absolute atomic E-state index is 12.4. The highest BCUT2D eigenvalue weighted by Crippen LogP contribution is 2.19. The zero-order chi connectivity index (χ0) is 16.1. The van der Waals surface area contributed by atoms with Crippen LogP contribution in [0.2, 0.25) is 0 Å². The minimum atomic E-state index is -0.156. The highest BCUT2D eigenvalue weighted by molar-refractivity contribution is 7.15. The van der Waals surface area contributed by atoms with Crippen molar-refractivity contribution in [2.24, 2.45) is 5.92 Å². The van der Waals surface area contributed by atoms with Gasteiger partial charge in [0.05, 0.1) is 0 Å². The number of methoxy groups -OCH3 is 1. The molecule has 2 heterocycles. The topological polar surface area (TPSA) is 76.1 Å². The molecule has 1 atom stereocenters. The summed E-state index contributed by atoms with van der Waals surface area (Å²) in [4.78, 5) is 12.4. The standard InChI is InChI=1S/C16H20N4O2S/c1-22-10-14-19-20-16(23-14)18-15(21)13-4-2-3-11(8-13)7-12-5-6-17-9-12/h2-4,8,12,17H,5-7,9-10H2,1H3,(H,18,20,21). The third-order valence-corrected chi connectivity index (χ3v) is 4.64. The van der Waals surface area contributed by atoms with Crippen LogP contribution in [-0.4, -0.2) is 36.3 Å². The summed E-state index contributed by atoms with van der Waals surface area (Å²) >= 11 is 1.32. The van der Waals surface area contributed by atoms with Crippen molar-refractivity contribution in [2.75, 3.05) is 25.5 Å². The number of rotatable bonds is 6. The number of ether oxygens (including phenoxy) is 1. The fourth-order valence-electron chi connectivity index (χ4n) is 2.72. The Labute approximate surface area is 139 Å². The van der Waals surface area contributed by atoms with Gasteiger partial charge < -0.3 is 10.1 Å². The summed E-state index contributed by atoms with van der Waals surface area (Å²) in [7, 11) is 1.60. The average molecular weight is 332 g/mol. The van der Waals surface area contributed by atoms with Crippen LogP contribution < -0.4 is 10.6 Å². The van der Waals surface area contributed by atoms with Gasteiger partial charge >= 0.3 is 0 Å². The number of amides is 1. The van der Waals surface area contributed by atoms with Gasteiger partial charge in [-0.15, -0.1) is 10.2 Å². The molecule has 1 aliphatic heterocycles. The van der Waals surface area contributed by atoms with Crippen LogP contribution in [-0.2, 0) is 17.8 Å². The Morgan fingerprint density at radius 1 is 1.48 bits per heavy atom. The lowest BCUT2D eigenvalue weighted by Gasteiger charge is -2.09. The highest BCUT2D eigenvalue weighted by Gasteiger charge is 2.16. The third-order valence-electron chi connectivity index (χ3n) is 3.83. The second kappa shape index (κ2) is 7.63. The van der Waals surface area contributed by atoms with Crippen molar-refractivity contribution in [3.8, 4) is 0 Å². The Balaban J connectivity index is 1.64. The molecule has 6 nitrogen and oxygen atoms in total. The van der Waals surface area contributed by atoms with Gasteiger partial charge in [0, 0.05) is 12.7 Å². The van der Waals surface area contributed by atoms with Crippen LogP contribution in [0.3, 0.4) is 0 Å². The SMILES string of the molecule is COCc1nnc(NC(=O)c2cccc(CC3CCNC3)c2)s1. The second-order valence-electron chi connectivity index (χ2n) is 5.65. The fraction of sp³-hybridized carbons (Fsp3) is 0.438. The number of hydrogen-bond donors (Lipinski definition) is 2. The van der Waals surface area contributed by atoms with Gasteiger partial charge in [0.15, 0.2) is 0 Å². The van der Waals surface area contributed by atoms with Gasteiger partial charge in [0.25, 0.3) is 5.91 Å². The van der Waals surface area contributed by atoms with E-state index in [0.717, 1.165) is 24.5 Å². The predicted octanol–water partition coefficient (Wildman–Crippen LogP) is 2.09. The van der Waals surface area contributed by atoms with E-state index < -0.39 is 0 Å². The third kappa shape index (κ3) is 4.34. The molecule has 1 aliphatic rings. The van der Waals surface area contributed by atoms with Gasteiger partial charge in [-0.3, -0.25) is 10.1 Å². The van der Waals surface area contributed by atoms with Crippen molar-refractivity contribution < 1.29 is 9.53 Å². The quantitative estimate of drug-likeness (QED) is 0.847. The Morgan fingerprint density at radius 2 is 2.39 bits per heavy atom. The molecule has 2 aromatic rings. The molecule has 1 saturated heterocycles. The summed E-state index contributed by atoms with van der Waals surface area (Å²) < 4.78 is 5.00. The van der Waals surface area contributed by atoms with Gasteiger partial charge in [0.2, 0.25) is 5.13 Å². The highest BCUT2D eigenvalue weighted by atomic mass is 32.1. The van der Waals surface area contributed by atoms with E-state index in [1.165, 1.54) is 23.3 Å². The Morgan fingerprint density at radius 3 is 3.17 bits per heavy atom. The van der Waals surface area contributed by atoms with Crippen LogP contribution in [0.1, 0.15) is 27.3 Å². The molecule has 1 aromatic carbocycles. The van der Waals surface area contributed by atoms with Crippen LogP contribution in [0.4, 0.5) is 5.13 Å². The van der Waals surface area contributed by atoms with E-state index in [9.17, 15) is 4.79 Å². The molecule has 1 unspecified atom stereocenters. The molecule has 0 aliphatic carbocycles. The molecule has 0 radical (unpaired) electrons. The summed E-state index contributed by atoms with van der Waals surface area (Å²) in [5.41, 5.74) is 1.85. The van der Waals surface area contributed by atoms with E-state index in [0.29, 0.717) is 23.2 Å². The molecule has 0 saturated carbocycles. The lowest BCUT2D eigenvalue weighted by atomic mass is 9.97. The second-order valence-corrected chi connectivity index (χ2v) is 6.71. The summed E-state index contributed by atoms with van der Waals surface area (Å²) in [6.07, 6.45) is 2.20. The fourth-order valence-corrected chi connectivity index (χ4v) is 3.42. The molecular weight excluding hydrogens is 312 g/mol. The zero-order valence-electron chi connectivity index (χ0n) is 13.0. The monoisotopic (exact) mass is 332 g/mol. The molecular formula is C16H20N4O2S. The molecule has 1 aromatic heterocycles. The van der Waals surface area contributed by atoms with Crippen LogP contribution in [0.15, 0.2) is 24.3 Å². The number of carbonyl (C=O) groups is 1. The minimum Gasteiger partial charge on any atom is -0.377 e. The number of anilines is 1. The number of hydrogen-bond acceptors (Lipinski definition) is 6. The van der Waals surface area contributed by atoms with Crippen LogP contribution in [0.5, 0.6) is 0 Å². The molecule has 3 rings (SSSR count). The zero-order valence-corrected chi connectivity index (χ0v) is 13.9. The Kier molecular flexibility index (Phi) is 5.32. The number of nitrogens with zero attached hydrogens (tertiary/aromatic N) is 2. The van der Waals surface area contributed by atoms with Crippen LogP contribution in [0, 0.1) is 5.92 Å². The number of nitrogens with one attached hydrogen (secondary N) is 2. The van der Waals surface area contributed by atoms with E-state index in [1.54, 1.807) is 7.11 Å². The van der Waals surface area contributed by atoms with Crippen molar-refractivity contribution in [3.05, 3.63) is 40.4 Å². The van der Waals surface area contributed by atoms with Gasteiger partial charge in [0.1, 0.15) is 11.6 Å². The molecule has 23 heavy (non-hydrogen) atoms. The number of benzene rings is 1. The summed E-state index contributed by atoms with van der Waals surface area (Å²) in [6, 6.07) is 7.80. The van der Waals surface area contributed by atoms with Gasteiger partial charge in [-0.25, -0.2) is 0 Å². The molecule has 122 valence electrons. The molecule has 1 fully saturated rings. The first-order valence-electron chi connectivity index (χ1n) is 7.67. The largest absolute Gasteiger partial charge is 0.377 e. The molecule has 7 heteroatoms. The lowest BCUT2D eigenvalue weighted by molar-refractivity contribution is 0.102. The summed E-state index contributed by atoms with van der Waals surface area (Å²) in [5.74, 6) is 0.504. The number of carbonyl (C=O) groups excluding carboxylic acids is 1. The first-order chi connectivity index (χ1) is 11.2. The Hall–Kier alpha value is -1.83. The van der Waals surface area contributed by atoms with Crippen molar-refractivity contribution >= 4 is 22.4 Å². The summed E-state index contributed by atoms with van der Waals surface area (Å²) in [5, 5.41) is 15.3. The molecule has 0 bridgehead atoms. The van der Waals surface area contributed by atoms with E-state index >= 15 is 0 Å². The molecule has 1 amide bonds. The first-order valence-corrected chi connectivity index (χ1v) is 8.48. The normalized spacial score (nSPS) is 17.3. The van der Waals surface area contributed by atoms with E-state index in [1.807, 2.05) is 18.2 Å². The average Bonchev–Trinajstić information content (AvgIpc) is 3.20. The van der Waals surface area contributed by atoms with Gasteiger partial charge in [-0.1, -0.05) is 23.5 Å². The van der Waals surface area contributed by atoms with E-state index in [-0.39, 0.29) is 5.91 Å². The Bertz CT molecular complexity index is 668. The van der Waals surface area contributed by atoms with E-state index in [4.69, 9.17) is 4.74 Å².